The van der Waals surface area contributed by atoms with E-state index in [1.54, 1.807) is 43.4 Å². The lowest BCUT2D eigenvalue weighted by molar-refractivity contribution is -0.149. The molecule has 0 bridgehead atoms. The first-order valence-corrected chi connectivity index (χ1v) is 16.6. The lowest BCUT2D eigenvalue weighted by Crippen LogP contribution is -2.18. The number of rotatable bonds is 22. The molecule has 0 saturated heterocycles. The van der Waals surface area contributed by atoms with Gasteiger partial charge in [0, 0.05) is 0 Å². The van der Waals surface area contributed by atoms with E-state index in [0.717, 1.165) is 60.7 Å². The minimum Gasteiger partial charge on any atom is -0.478 e. The van der Waals surface area contributed by atoms with Crippen LogP contribution in [0.5, 0.6) is 0 Å². The second kappa shape index (κ2) is 20.6. The summed E-state index contributed by atoms with van der Waals surface area (Å²) in [5.74, 6) is 0.323. The summed E-state index contributed by atoms with van der Waals surface area (Å²) in [6, 6.07) is 3.15. The number of benzene rings is 1. The zero-order chi connectivity index (χ0) is 29.9. The van der Waals surface area contributed by atoms with Gasteiger partial charge in [0.15, 0.2) is 0 Å². The van der Waals surface area contributed by atoms with Crippen LogP contribution in [0.25, 0.3) is 0 Å². The van der Waals surface area contributed by atoms with E-state index in [9.17, 15) is 29.4 Å². The number of hydrogen-bond acceptors (Lipinski definition) is 8. The lowest BCUT2D eigenvalue weighted by Gasteiger charge is -2.16. The number of carbonyl (C=O) groups is 4. The molecule has 1 aromatic rings. The minimum absolute atomic E-state index is 0.0865. The fourth-order valence-electron chi connectivity index (χ4n) is 4.50. The van der Waals surface area contributed by atoms with Gasteiger partial charge in [-0.3, -0.25) is 9.59 Å². The fraction of sp³-hybridized carbons (Fsp3) is 0.667. The van der Waals surface area contributed by atoms with Gasteiger partial charge in [-0.05, 0) is 105 Å². The molecule has 0 heterocycles. The molecule has 0 aliphatic rings. The average molecular weight is 599 g/mol. The topological polar surface area (TPSA) is 127 Å². The molecule has 1 rings (SSSR count). The van der Waals surface area contributed by atoms with Crippen LogP contribution in [0.2, 0.25) is 0 Å². The summed E-state index contributed by atoms with van der Waals surface area (Å²) in [6.45, 7) is 8.32. The number of thioether (sulfide) groups is 2. The van der Waals surface area contributed by atoms with Gasteiger partial charge in [0.05, 0.1) is 36.2 Å². The molecular formula is C30H46O8S2. The van der Waals surface area contributed by atoms with E-state index >= 15 is 0 Å². The second-order valence-corrected chi connectivity index (χ2v) is 11.9. The number of ether oxygens (including phenoxy) is 2. The maximum Gasteiger partial charge on any atom is 0.336 e. The Labute approximate surface area is 247 Å². The molecule has 0 saturated carbocycles. The molecule has 226 valence electrons. The maximum absolute atomic E-state index is 12.1. The molecule has 0 aliphatic heterocycles. The van der Waals surface area contributed by atoms with Crippen molar-refractivity contribution in [1.82, 2.24) is 0 Å². The highest BCUT2D eigenvalue weighted by Crippen LogP contribution is 2.25. The summed E-state index contributed by atoms with van der Waals surface area (Å²) in [5.41, 5.74) is 1.18. The quantitative estimate of drug-likeness (QED) is 0.115. The van der Waals surface area contributed by atoms with Crippen molar-refractivity contribution in [3.05, 3.63) is 34.4 Å². The van der Waals surface area contributed by atoms with Gasteiger partial charge in [0.2, 0.25) is 0 Å². The van der Waals surface area contributed by atoms with Crippen molar-refractivity contribution < 1.29 is 38.9 Å². The zero-order valence-electron chi connectivity index (χ0n) is 24.4. The van der Waals surface area contributed by atoms with Gasteiger partial charge in [-0.15, -0.1) is 0 Å². The van der Waals surface area contributed by atoms with Crippen LogP contribution in [0.15, 0.2) is 12.1 Å². The molecule has 0 aromatic heterocycles. The van der Waals surface area contributed by atoms with Crippen molar-refractivity contribution in [3.8, 4) is 0 Å². The summed E-state index contributed by atoms with van der Waals surface area (Å²) in [6.07, 6.45) is 5.63. The molecule has 40 heavy (non-hydrogen) atoms. The molecule has 2 atom stereocenters. The molecule has 8 nitrogen and oxygen atoms in total. The predicted octanol–water partition coefficient (Wildman–Crippen LogP) is 6.37. The van der Waals surface area contributed by atoms with E-state index in [4.69, 9.17) is 9.47 Å². The highest BCUT2D eigenvalue weighted by Gasteiger charge is 2.23. The Bertz CT molecular complexity index is 950. The van der Waals surface area contributed by atoms with Crippen LogP contribution in [-0.4, -0.2) is 70.3 Å². The van der Waals surface area contributed by atoms with E-state index in [-0.39, 0.29) is 34.9 Å². The van der Waals surface area contributed by atoms with Crippen LogP contribution in [0.4, 0.5) is 0 Å². The molecular weight excluding hydrogens is 552 g/mol. The highest BCUT2D eigenvalue weighted by molar-refractivity contribution is 7.99. The Balaban J connectivity index is 2.73. The van der Waals surface area contributed by atoms with Crippen molar-refractivity contribution in [1.29, 1.82) is 0 Å². The Kier molecular flexibility index (Phi) is 18.5. The van der Waals surface area contributed by atoms with E-state index in [2.05, 4.69) is 0 Å². The smallest absolute Gasteiger partial charge is 0.336 e. The number of aromatic carboxylic acids is 2. The summed E-state index contributed by atoms with van der Waals surface area (Å²) < 4.78 is 10.3. The second-order valence-electron chi connectivity index (χ2n) is 9.46. The molecule has 0 fully saturated rings. The predicted molar refractivity (Wildman–Crippen MR) is 162 cm³/mol. The monoisotopic (exact) mass is 598 g/mol. The highest BCUT2D eigenvalue weighted by atomic mass is 32.2. The summed E-state index contributed by atoms with van der Waals surface area (Å²) in [7, 11) is 0. The van der Waals surface area contributed by atoms with E-state index in [1.807, 2.05) is 13.8 Å². The van der Waals surface area contributed by atoms with Gasteiger partial charge in [0.25, 0.3) is 0 Å². The van der Waals surface area contributed by atoms with Gasteiger partial charge in [-0.2, -0.15) is 23.5 Å². The number of aryl methyl sites for hydroxylation is 1. The number of carboxylic acids is 2. The fourth-order valence-corrected chi connectivity index (χ4v) is 6.51. The van der Waals surface area contributed by atoms with Gasteiger partial charge >= 0.3 is 23.9 Å². The Morgan fingerprint density at radius 3 is 1.65 bits per heavy atom. The van der Waals surface area contributed by atoms with Gasteiger partial charge in [-0.1, -0.05) is 19.9 Å². The first-order chi connectivity index (χ1) is 19.2. The summed E-state index contributed by atoms with van der Waals surface area (Å²) >= 11 is 3.47. The van der Waals surface area contributed by atoms with Crippen LogP contribution in [-0.2, 0) is 31.9 Å². The normalized spacial score (nSPS) is 12.5. The molecule has 10 heteroatoms. The van der Waals surface area contributed by atoms with Gasteiger partial charge in [0.1, 0.15) is 0 Å². The molecule has 2 N–H and O–H groups in total. The van der Waals surface area contributed by atoms with E-state index < -0.39 is 11.9 Å². The molecule has 1 aromatic carbocycles. The standard InChI is InChI=1S/C30H46O8S2/c1-5-21(29(35)37-7-3)15-19-39-17-9-11-23-13-14-25(27(31)32)26(28(33)34)24(23)12-10-18-40-20-16-22(6-2)30(36)38-8-4/h13-14,21-22H,5-12,15-20H2,1-4H3,(H,31,32)(H,33,34). The van der Waals surface area contributed by atoms with Crippen LogP contribution < -0.4 is 0 Å². The number of carboxylic acid groups (broad SMARTS) is 2. The zero-order valence-corrected chi connectivity index (χ0v) is 26.0. The average Bonchev–Trinajstić information content (AvgIpc) is 2.92. The number of hydrogen-bond donors (Lipinski definition) is 2. The molecule has 2 unspecified atom stereocenters. The molecule has 0 amide bonds. The van der Waals surface area contributed by atoms with Crippen molar-refractivity contribution in [2.24, 2.45) is 11.8 Å². The van der Waals surface area contributed by atoms with Crippen molar-refractivity contribution in [3.63, 3.8) is 0 Å². The van der Waals surface area contributed by atoms with Crippen molar-refractivity contribution in [2.75, 3.05) is 36.2 Å². The van der Waals surface area contributed by atoms with Crippen LogP contribution >= 0.6 is 23.5 Å². The molecule has 0 spiro atoms. The Hall–Kier alpha value is -2.20. The Morgan fingerprint density at radius 1 is 0.725 bits per heavy atom. The third-order valence-electron chi connectivity index (χ3n) is 6.75. The molecule has 0 aliphatic carbocycles. The first kappa shape index (κ1) is 35.8. The maximum atomic E-state index is 12.1. The first-order valence-electron chi connectivity index (χ1n) is 14.3. The number of esters is 2. The van der Waals surface area contributed by atoms with E-state index in [1.165, 1.54) is 6.07 Å². The van der Waals surface area contributed by atoms with E-state index in [0.29, 0.717) is 38.0 Å². The SMILES string of the molecule is CCOC(=O)C(CC)CCSCCCc1ccc(C(=O)O)c(C(=O)O)c1CCCSCCC(CC)C(=O)OCC. The van der Waals surface area contributed by atoms with Crippen LogP contribution in [0, 0.1) is 11.8 Å². The summed E-state index contributed by atoms with van der Waals surface area (Å²) in [5, 5.41) is 19.5. The molecule has 0 radical (unpaired) electrons. The van der Waals surface area contributed by atoms with Crippen LogP contribution in [0.3, 0.4) is 0 Å². The van der Waals surface area contributed by atoms with Crippen molar-refractivity contribution in [2.45, 2.75) is 79.1 Å². The van der Waals surface area contributed by atoms with Gasteiger partial charge in [-0.25, -0.2) is 9.59 Å². The number of carbonyl (C=O) groups excluding carboxylic acids is 2. The largest absolute Gasteiger partial charge is 0.478 e. The third-order valence-corrected chi connectivity index (χ3v) is 8.95. The summed E-state index contributed by atoms with van der Waals surface area (Å²) in [4.78, 5) is 47.8. The third kappa shape index (κ3) is 12.5. The Morgan fingerprint density at radius 2 is 1.23 bits per heavy atom. The van der Waals surface area contributed by atoms with Crippen molar-refractivity contribution >= 4 is 47.4 Å². The van der Waals surface area contributed by atoms with Gasteiger partial charge < -0.3 is 19.7 Å². The lowest BCUT2D eigenvalue weighted by atomic mass is 9.91. The minimum atomic E-state index is -1.24. The van der Waals surface area contributed by atoms with Crippen LogP contribution in [0.1, 0.15) is 98.1 Å².